The van der Waals surface area contributed by atoms with Crippen molar-refractivity contribution in [1.29, 1.82) is 0 Å². The summed E-state index contributed by atoms with van der Waals surface area (Å²) >= 11 is 0. The summed E-state index contributed by atoms with van der Waals surface area (Å²) in [5, 5.41) is 14.5. The van der Waals surface area contributed by atoms with Crippen LogP contribution in [0, 0.1) is 0 Å². The number of carbonyl (C=O) groups is 3. The Kier molecular flexibility index (Phi) is 3.28. The number of nitrogens with zero attached hydrogens (tertiary/aromatic N) is 1. The molecular formula is C10H15N3O4. The van der Waals surface area contributed by atoms with Crippen molar-refractivity contribution in [2.24, 2.45) is 0 Å². The lowest BCUT2D eigenvalue weighted by atomic mass is 10.1. The van der Waals surface area contributed by atoms with Crippen LogP contribution in [0.15, 0.2) is 0 Å². The highest BCUT2D eigenvalue weighted by molar-refractivity contribution is 5.93. The summed E-state index contributed by atoms with van der Waals surface area (Å²) in [5.41, 5.74) is 0. The van der Waals surface area contributed by atoms with Crippen molar-refractivity contribution >= 4 is 17.8 Å². The van der Waals surface area contributed by atoms with Crippen LogP contribution in [0.25, 0.3) is 0 Å². The molecule has 3 N–H and O–H groups in total. The third-order valence-electron chi connectivity index (χ3n) is 3.10. The summed E-state index contributed by atoms with van der Waals surface area (Å²) in [5.74, 6) is -1.45. The van der Waals surface area contributed by atoms with Crippen LogP contribution in [0.1, 0.15) is 12.8 Å². The first-order chi connectivity index (χ1) is 8.09. The van der Waals surface area contributed by atoms with Crippen LogP contribution in [0.5, 0.6) is 0 Å². The molecule has 0 radical (unpaired) electrons. The zero-order valence-electron chi connectivity index (χ0n) is 9.31. The molecule has 0 bridgehead atoms. The Balaban J connectivity index is 2.06. The summed E-state index contributed by atoms with van der Waals surface area (Å²) in [6.07, 6.45) is 0.786. The summed E-state index contributed by atoms with van der Waals surface area (Å²) in [4.78, 5) is 35.5. The summed E-state index contributed by atoms with van der Waals surface area (Å²) < 4.78 is 0. The average molecular weight is 241 g/mol. The molecule has 2 amide bonds. The Morgan fingerprint density at radius 1 is 1.41 bits per heavy atom. The smallest absolute Gasteiger partial charge is 0.327 e. The molecule has 7 nitrogen and oxygen atoms in total. The number of carboxylic acid groups (broad SMARTS) is 1. The molecule has 0 aliphatic carbocycles. The lowest BCUT2D eigenvalue weighted by molar-refractivity contribution is -0.152. The average Bonchev–Trinajstić information content (AvgIpc) is 2.75. The van der Waals surface area contributed by atoms with Crippen molar-refractivity contribution < 1.29 is 19.5 Å². The lowest BCUT2D eigenvalue weighted by Gasteiger charge is -2.34. The van der Waals surface area contributed by atoms with E-state index in [-0.39, 0.29) is 18.4 Å². The second-order valence-electron chi connectivity index (χ2n) is 4.25. The van der Waals surface area contributed by atoms with E-state index in [1.54, 1.807) is 0 Å². The molecule has 0 aromatic carbocycles. The minimum absolute atomic E-state index is 0.148. The van der Waals surface area contributed by atoms with Crippen LogP contribution in [0.2, 0.25) is 0 Å². The molecular weight excluding hydrogens is 226 g/mol. The third kappa shape index (κ3) is 2.38. The van der Waals surface area contributed by atoms with E-state index in [0.717, 1.165) is 0 Å². The number of rotatable bonds is 2. The van der Waals surface area contributed by atoms with E-state index in [9.17, 15) is 14.4 Å². The number of hydrogen-bond acceptors (Lipinski definition) is 4. The molecule has 2 aliphatic rings. The zero-order valence-corrected chi connectivity index (χ0v) is 9.31. The number of carboxylic acids is 1. The first-order valence-electron chi connectivity index (χ1n) is 5.63. The number of nitrogens with one attached hydrogen (secondary N) is 2. The van der Waals surface area contributed by atoms with Gasteiger partial charge in [0.05, 0.1) is 0 Å². The van der Waals surface area contributed by atoms with Crippen molar-refractivity contribution in [3.05, 3.63) is 0 Å². The van der Waals surface area contributed by atoms with E-state index in [1.807, 2.05) is 0 Å². The zero-order chi connectivity index (χ0) is 12.4. The van der Waals surface area contributed by atoms with Gasteiger partial charge in [-0.25, -0.2) is 4.79 Å². The van der Waals surface area contributed by atoms with E-state index < -0.39 is 18.1 Å². The van der Waals surface area contributed by atoms with Gasteiger partial charge in [0.25, 0.3) is 0 Å². The maximum absolute atomic E-state index is 12.1. The molecule has 1 unspecified atom stereocenters. The highest BCUT2D eigenvalue weighted by Crippen LogP contribution is 2.13. The van der Waals surface area contributed by atoms with Gasteiger partial charge in [-0.15, -0.1) is 0 Å². The topological polar surface area (TPSA) is 98.7 Å². The van der Waals surface area contributed by atoms with E-state index >= 15 is 0 Å². The van der Waals surface area contributed by atoms with Crippen LogP contribution in [0.3, 0.4) is 0 Å². The Labute approximate surface area is 98.2 Å². The number of hydrogen-bond donors (Lipinski definition) is 3. The van der Waals surface area contributed by atoms with Gasteiger partial charge in [-0.2, -0.15) is 0 Å². The number of piperazine rings is 1. The standard InChI is InChI=1S/C10H15N3O4/c14-8-2-1-6(12-8)9(15)13-4-3-11-5-7(13)10(16)17/h6-7,11H,1-5H2,(H,12,14)(H,16,17)/t6-,7?/m0/s1. The predicted molar refractivity (Wildman–Crippen MR) is 57.2 cm³/mol. The van der Waals surface area contributed by atoms with Crippen LogP contribution in [0.4, 0.5) is 0 Å². The molecule has 2 saturated heterocycles. The van der Waals surface area contributed by atoms with Gasteiger partial charge in [-0.1, -0.05) is 0 Å². The van der Waals surface area contributed by atoms with Crippen molar-refractivity contribution in [2.45, 2.75) is 24.9 Å². The SMILES string of the molecule is O=C1CC[C@@H](C(=O)N2CCNCC2C(=O)O)N1. The molecule has 2 rings (SSSR count). The fraction of sp³-hybridized carbons (Fsp3) is 0.700. The monoisotopic (exact) mass is 241 g/mol. The molecule has 2 atom stereocenters. The second-order valence-corrected chi connectivity index (χ2v) is 4.25. The Bertz CT molecular complexity index is 357. The van der Waals surface area contributed by atoms with Gasteiger partial charge in [0.15, 0.2) is 0 Å². The van der Waals surface area contributed by atoms with Crippen molar-refractivity contribution in [3.63, 3.8) is 0 Å². The van der Waals surface area contributed by atoms with Gasteiger partial charge in [0.1, 0.15) is 12.1 Å². The van der Waals surface area contributed by atoms with Gasteiger partial charge in [-0.3, -0.25) is 9.59 Å². The maximum atomic E-state index is 12.1. The van der Waals surface area contributed by atoms with Gasteiger partial charge in [-0.05, 0) is 6.42 Å². The van der Waals surface area contributed by atoms with Gasteiger partial charge < -0.3 is 20.6 Å². The van der Waals surface area contributed by atoms with E-state index in [0.29, 0.717) is 25.9 Å². The molecule has 0 aromatic rings. The molecule has 7 heteroatoms. The molecule has 17 heavy (non-hydrogen) atoms. The Hall–Kier alpha value is -1.63. The minimum atomic E-state index is -1.02. The quantitative estimate of drug-likeness (QED) is 0.527. The second kappa shape index (κ2) is 4.70. The molecule has 94 valence electrons. The van der Waals surface area contributed by atoms with Crippen molar-refractivity contribution in [2.75, 3.05) is 19.6 Å². The van der Waals surface area contributed by atoms with E-state index in [1.165, 1.54) is 4.90 Å². The summed E-state index contributed by atoms with van der Waals surface area (Å²) in [6, 6.07) is -1.39. The minimum Gasteiger partial charge on any atom is -0.480 e. The summed E-state index contributed by atoms with van der Waals surface area (Å²) in [6.45, 7) is 1.19. The highest BCUT2D eigenvalue weighted by Gasteiger charge is 2.37. The maximum Gasteiger partial charge on any atom is 0.327 e. The van der Waals surface area contributed by atoms with Crippen LogP contribution >= 0.6 is 0 Å². The fourth-order valence-electron chi connectivity index (χ4n) is 2.19. The van der Waals surface area contributed by atoms with Gasteiger partial charge in [0, 0.05) is 26.1 Å². The van der Waals surface area contributed by atoms with E-state index in [2.05, 4.69) is 10.6 Å². The predicted octanol–water partition coefficient (Wildman–Crippen LogP) is -1.85. The van der Waals surface area contributed by atoms with Gasteiger partial charge in [0.2, 0.25) is 11.8 Å². The number of aliphatic carboxylic acids is 1. The van der Waals surface area contributed by atoms with Crippen LogP contribution < -0.4 is 10.6 Å². The number of amides is 2. The molecule has 2 aliphatic heterocycles. The van der Waals surface area contributed by atoms with Crippen LogP contribution in [-0.4, -0.2) is 59.5 Å². The van der Waals surface area contributed by atoms with Crippen LogP contribution in [-0.2, 0) is 14.4 Å². The fourth-order valence-corrected chi connectivity index (χ4v) is 2.19. The Morgan fingerprint density at radius 3 is 2.76 bits per heavy atom. The first kappa shape index (κ1) is 11.8. The molecule has 2 heterocycles. The van der Waals surface area contributed by atoms with Crippen molar-refractivity contribution in [3.8, 4) is 0 Å². The molecule has 0 spiro atoms. The first-order valence-corrected chi connectivity index (χ1v) is 5.63. The molecule has 0 aromatic heterocycles. The molecule has 2 fully saturated rings. The highest BCUT2D eigenvalue weighted by atomic mass is 16.4. The summed E-state index contributed by atoms with van der Waals surface area (Å²) in [7, 11) is 0. The van der Waals surface area contributed by atoms with Gasteiger partial charge >= 0.3 is 5.97 Å². The van der Waals surface area contributed by atoms with Crippen molar-refractivity contribution in [1.82, 2.24) is 15.5 Å². The normalized spacial score (nSPS) is 28.9. The molecule has 0 saturated carbocycles. The largest absolute Gasteiger partial charge is 0.480 e. The number of carbonyl (C=O) groups excluding carboxylic acids is 2. The third-order valence-corrected chi connectivity index (χ3v) is 3.10. The van der Waals surface area contributed by atoms with E-state index in [4.69, 9.17) is 5.11 Å². The Morgan fingerprint density at radius 2 is 2.18 bits per heavy atom. The lowest BCUT2D eigenvalue weighted by Crippen LogP contribution is -2.60.